The zero-order chi connectivity index (χ0) is 17.1. The van der Waals surface area contributed by atoms with Crippen LogP contribution in [0, 0.1) is 17.8 Å². The maximum Gasteiger partial charge on any atom is 0.253 e. The van der Waals surface area contributed by atoms with E-state index < -0.39 is 0 Å². The van der Waals surface area contributed by atoms with Crippen LogP contribution in [0.5, 0.6) is 0 Å². The number of pyridine rings is 1. The Labute approximate surface area is 144 Å². The molecule has 6 heteroatoms. The van der Waals surface area contributed by atoms with Crippen LogP contribution in [-0.4, -0.2) is 40.8 Å². The summed E-state index contributed by atoms with van der Waals surface area (Å²) in [6.07, 6.45) is 4.82. The highest BCUT2D eigenvalue weighted by Crippen LogP contribution is 2.47. The van der Waals surface area contributed by atoms with Gasteiger partial charge in [0.2, 0.25) is 5.91 Å². The van der Waals surface area contributed by atoms with Crippen LogP contribution >= 0.6 is 0 Å². The predicted octanol–water partition coefficient (Wildman–Crippen LogP) is 1.98. The lowest BCUT2D eigenvalue weighted by Crippen LogP contribution is -2.42. The van der Waals surface area contributed by atoms with Gasteiger partial charge in [-0.3, -0.25) is 14.6 Å². The number of carbonyl (C=O) groups is 2. The summed E-state index contributed by atoms with van der Waals surface area (Å²) in [5, 5.41) is 3.08. The van der Waals surface area contributed by atoms with Gasteiger partial charge >= 0.3 is 0 Å². The fourth-order valence-electron chi connectivity index (χ4n) is 4.20. The van der Waals surface area contributed by atoms with Crippen LogP contribution in [0.1, 0.15) is 23.2 Å². The predicted molar refractivity (Wildman–Crippen MR) is 90.7 cm³/mol. The Balaban J connectivity index is 1.18. The van der Waals surface area contributed by atoms with E-state index in [1.54, 1.807) is 24.6 Å². The maximum absolute atomic E-state index is 12.4. The molecule has 2 amide bonds. The molecule has 3 heterocycles. The van der Waals surface area contributed by atoms with Crippen molar-refractivity contribution in [3.05, 3.63) is 42.3 Å². The summed E-state index contributed by atoms with van der Waals surface area (Å²) < 4.78 is 5.30. The van der Waals surface area contributed by atoms with Gasteiger partial charge in [-0.15, -0.1) is 0 Å². The van der Waals surface area contributed by atoms with Gasteiger partial charge in [0.25, 0.3) is 5.91 Å². The molecule has 3 aliphatic rings. The molecule has 5 rings (SSSR count). The van der Waals surface area contributed by atoms with Gasteiger partial charge in [0, 0.05) is 49.1 Å². The second-order valence-corrected chi connectivity index (χ2v) is 7.45. The van der Waals surface area contributed by atoms with Gasteiger partial charge in [-0.25, -0.2) is 0 Å². The fourth-order valence-corrected chi connectivity index (χ4v) is 4.20. The molecule has 3 fully saturated rings. The standard InChI is InChI=1S/C19H19N3O3/c1-10-4-11(5-10)19(24)22-8-13-14(9-22)17(13)21-18(23)12-6-16-15(20-7-12)2-3-25-16/h2-3,6-7,11,13-14,17H,1,4-5,8-9H2,(H,21,23)/t13-,14+,17?. The van der Waals surface area contributed by atoms with Gasteiger partial charge in [-0.2, -0.15) is 0 Å². The first-order valence-electron chi connectivity index (χ1n) is 8.69. The third-order valence-electron chi connectivity index (χ3n) is 5.79. The van der Waals surface area contributed by atoms with Gasteiger partial charge in [0.15, 0.2) is 5.58 Å². The normalized spacial score (nSPS) is 27.9. The molecule has 25 heavy (non-hydrogen) atoms. The maximum atomic E-state index is 12.4. The zero-order valence-corrected chi connectivity index (χ0v) is 13.8. The molecular formula is C19H19N3O3. The number of hydrogen-bond acceptors (Lipinski definition) is 4. The minimum absolute atomic E-state index is 0.127. The number of carbonyl (C=O) groups excluding carboxylic acids is 2. The number of fused-ring (bicyclic) bond motifs is 2. The minimum atomic E-state index is -0.127. The van der Waals surface area contributed by atoms with E-state index in [2.05, 4.69) is 16.9 Å². The highest BCUT2D eigenvalue weighted by atomic mass is 16.3. The molecule has 0 spiro atoms. The van der Waals surface area contributed by atoms with E-state index in [1.807, 2.05) is 4.90 Å². The number of hydrogen-bond donors (Lipinski definition) is 1. The van der Waals surface area contributed by atoms with E-state index in [9.17, 15) is 9.59 Å². The molecule has 0 bridgehead atoms. The van der Waals surface area contributed by atoms with Crippen LogP contribution in [0.2, 0.25) is 0 Å². The number of amides is 2. The van der Waals surface area contributed by atoms with Crippen molar-refractivity contribution in [3.63, 3.8) is 0 Å². The molecule has 3 atom stereocenters. The van der Waals surface area contributed by atoms with Crippen molar-refractivity contribution >= 4 is 22.9 Å². The van der Waals surface area contributed by atoms with Crippen molar-refractivity contribution in [1.82, 2.24) is 15.2 Å². The molecule has 0 aromatic carbocycles. The van der Waals surface area contributed by atoms with Crippen LogP contribution in [0.25, 0.3) is 11.1 Å². The molecule has 1 saturated heterocycles. The first kappa shape index (κ1) is 14.7. The first-order valence-corrected chi connectivity index (χ1v) is 8.69. The first-order chi connectivity index (χ1) is 12.1. The third-order valence-corrected chi connectivity index (χ3v) is 5.79. The van der Waals surface area contributed by atoms with Crippen LogP contribution < -0.4 is 5.32 Å². The summed E-state index contributed by atoms with van der Waals surface area (Å²) in [5.74, 6) is 1.05. The Kier molecular flexibility index (Phi) is 3.04. The molecule has 1 aliphatic heterocycles. The van der Waals surface area contributed by atoms with Gasteiger partial charge < -0.3 is 14.6 Å². The topological polar surface area (TPSA) is 75.4 Å². The zero-order valence-electron chi connectivity index (χ0n) is 13.8. The lowest BCUT2D eigenvalue weighted by molar-refractivity contribution is -0.136. The number of nitrogens with zero attached hydrogens (tertiary/aromatic N) is 2. The quantitative estimate of drug-likeness (QED) is 0.869. The van der Waals surface area contributed by atoms with Crippen molar-refractivity contribution in [2.45, 2.75) is 18.9 Å². The highest BCUT2D eigenvalue weighted by Gasteiger charge is 2.58. The van der Waals surface area contributed by atoms with Crippen LogP contribution in [0.15, 0.2) is 41.2 Å². The molecular weight excluding hydrogens is 318 g/mol. The Hall–Kier alpha value is -2.63. The summed E-state index contributed by atoms with van der Waals surface area (Å²) >= 11 is 0. The Morgan fingerprint density at radius 3 is 2.76 bits per heavy atom. The summed E-state index contributed by atoms with van der Waals surface area (Å²) in [5.41, 5.74) is 3.04. The lowest BCUT2D eigenvalue weighted by atomic mass is 9.80. The molecule has 2 aliphatic carbocycles. The van der Waals surface area contributed by atoms with E-state index in [-0.39, 0.29) is 23.8 Å². The minimum Gasteiger partial charge on any atom is -0.463 e. The van der Waals surface area contributed by atoms with E-state index in [0.29, 0.717) is 23.0 Å². The molecule has 2 aromatic heterocycles. The number of nitrogens with one attached hydrogen (secondary N) is 1. The van der Waals surface area contributed by atoms with Crippen molar-refractivity contribution in [1.29, 1.82) is 0 Å². The fraction of sp³-hybridized carbons (Fsp3) is 0.421. The number of rotatable bonds is 3. The summed E-state index contributed by atoms with van der Waals surface area (Å²) in [4.78, 5) is 31.0. The number of aromatic nitrogens is 1. The molecule has 2 saturated carbocycles. The molecule has 6 nitrogen and oxygen atoms in total. The molecule has 1 N–H and O–H groups in total. The van der Waals surface area contributed by atoms with E-state index in [4.69, 9.17) is 4.42 Å². The number of allylic oxidation sites excluding steroid dienone is 1. The van der Waals surface area contributed by atoms with Crippen LogP contribution in [0.3, 0.4) is 0 Å². The van der Waals surface area contributed by atoms with Crippen molar-refractivity contribution in [3.8, 4) is 0 Å². The lowest BCUT2D eigenvalue weighted by Gasteiger charge is -2.32. The SMILES string of the molecule is C=C1CC(C(=O)N2C[C@@H]3C(NC(=O)c4cnc5ccoc5c4)[C@@H]3C2)C1. The summed E-state index contributed by atoms with van der Waals surface area (Å²) in [6.45, 7) is 5.42. The monoisotopic (exact) mass is 337 g/mol. The highest BCUT2D eigenvalue weighted by molar-refractivity contribution is 5.96. The van der Waals surface area contributed by atoms with Gasteiger partial charge in [0.1, 0.15) is 5.52 Å². The third kappa shape index (κ3) is 2.35. The Morgan fingerprint density at radius 2 is 2.04 bits per heavy atom. The number of likely N-dealkylation sites (tertiary alicyclic amines) is 1. The summed E-state index contributed by atoms with van der Waals surface area (Å²) in [7, 11) is 0. The van der Waals surface area contributed by atoms with Gasteiger partial charge in [-0.1, -0.05) is 12.2 Å². The Bertz CT molecular complexity index is 882. The second-order valence-electron chi connectivity index (χ2n) is 7.45. The van der Waals surface area contributed by atoms with Crippen LogP contribution in [0.4, 0.5) is 0 Å². The van der Waals surface area contributed by atoms with Crippen molar-refractivity contribution in [2.75, 3.05) is 13.1 Å². The number of furan rings is 1. The molecule has 128 valence electrons. The average molecular weight is 337 g/mol. The van der Waals surface area contributed by atoms with Crippen molar-refractivity contribution in [2.24, 2.45) is 17.8 Å². The van der Waals surface area contributed by atoms with Crippen molar-refractivity contribution < 1.29 is 14.0 Å². The second kappa shape index (κ2) is 5.18. The van der Waals surface area contributed by atoms with Gasteiger partial charge in [0.05, 0.1) is 11.8 Å². The average Bonchev–Trinajstić information content (AvgIpc) is 3.00. The van der Waals surface area contributed by atoms with E-state index in [1.165, 1.54) is 5.57 Å². The molecule has 0 radical (unpaired) electrons. The molecule has 1 unspecified atom stereocenters. The largest absolute Gasteiger partial charge is 0.463 e. The summed E-state index contributed by atoms with van der Waals surface area (Å²) in [6, 6.07) is 3.65. The molecule has 2 aromatic rings. The Morgan fingerprint density at radius 1 is 1.28 bits per heavy atom. The van der Waals surface area contributed by atoms with Gasteiger partial charge in [-0.05, 0) is 18.9 Å². The number of piperidine rings is 1. The van der Waals surface area contributed by atoms with Crippen LogP contribution in [-0.2, 0) is 4.79 Å². The van der Waals surface area contributed by atoms with E-state index >= 15 is 0 Å². The van der Waals surface area contributed by atoms with E-state index in [0.717, 1.165) is 31.4 Å². The smallest absolute Gasteiger partial charge is 0.253 e.